The summed E-state index contributed by atoms with van der Waals surface area (Å²) in [5.41, 5.74) is 0. The summed E-state index contributed by atoms with van der Waals surface area (Å²) in [5.74, 6) is 1.88. The van der Waals surface area contributed by atoms with Crippen LogP contribution in [0.4, 0.5) is 4.39 Å². The van der Waals surface area contributed by atoms with Gasteiger partial charge in [0.25, 0.3) is 0 Å². The maximum Gasteiger partial charge on any atom is 0.123 e. The van der Waals surface area contributed by atoms with Gasteiger partial charge in [-0.2, -0.15) is 0 Å². The summed E-state index contributed by atoms with van der Waals surface area (Å²) in [7, 11) is 0. The number of rotatable bonds is 8. The highest BCUT2D eigenvalue weighted by Crippen LogP contribution is 2.34. The van der Waals surface area contributed by atoms with Gasteiger partial charge in [0.15, 0.2) is 0 Å². The van der Waals surface area contributed by atoms with Gasteiger partial charge >= 0.3 is 0 Å². The highest BCUT2D eigenvalue weighted by Gasteiger charge is 2.25. The van der Waals surface area contributed by atoms with Crippen molar-refractivity contribution in [3.05, 3.63) is 30.1 Å². The summed E-state index contributed by atoms with van der Waals surface area (Å²) in [6, 6.07) is 7.42. The molecule has 0 aliphatic heterocycles. The molecule has 0 aromatic heterocycles. The lowest BCUT2D eigenvalue weighted by Crippen LogP contribution is -2.32. The molecule has 1 saturated carbocycles. The molecule has 0 radical (unpaired) electrons. The van der Waals surface area contributed by atoms with Crippen molar-refractivity contribution in [2.24, 2.45) is 5.92 Å². The van der Waals surface area contributed by atoms with E-state index in [0.717, 1.165) is 23.1 Å². The van der Waals surface area contributed by atoms with Crippen LogP contribution in [0.1, 0.15) is 32.6 Å². The van der Waals surface area contributed by atoms with Crippen LogP contribution >= 0.6 is 11.8 Å². The molecule has 1 aliphatic carbocycles. The van der Waals surface area contributed by atoms with Crippen molar-refractivity contribution in [3.63, 3.8) is 0 Å². The molecule has 0 amide bonds. The summed E-state index contributed by atoms with van der Waals surface area (Å²) >= 11 is 1.83. The van der Waals surface area contributed by atoms with E-state index >= 15 is 0 Å². The van der Waals surface area contributed by atoms with Gasteiger partial charge in [0.05, 0.1) is 0 Å². The number of thioether (sulfide) groups is 1. The van der Waals surface area contributed by atoms with Gasteiger partial charge in [-0.1, -0.05) is 19.8 Å². The first-order valence-corrected chi connectivity index (χ1v) is 7.88. The Hall–Kier alpha value is -0.540. The minimum Gasteiger partial charge on any atom is -0.313 e. The SMILES string of the molecule is CCCNC(CSc1ccc(F)cc1)CC1CC1. The highest BCUT2D eigenvalue weighted by molar-refractivity contribution is 7.99. The summed E-state index contributed by atoms with van der Waals surface area (Å²) in [4.78, 5) is 1.16. The van der Waals surface area contributed by atoms with E-state index in [1.54, 1.807) is 0 Å². The topological polar surface area (TPSA) is 12.0 Å². The molecule has 1 aromatic rings. The van der Waals surface area contributed by atoms with Gasteiger partial charge in [-0.15, -0.1) is 11.8 Å². The van der Waals surface area contributed by atoms with Crippen molar-refractivity contribution in [1.29, 1.82) is 0 Å². The third-order valence-corrected chi connectivity index (χ3v) is 4.44. The van der Waals surface area contributed by atoms with E-state index in [-0.39, 0.29) is 5.82 Å². The van der Waals surface area contributed by atoms with E-state index in [1.807, 2.05) is 23.9 Å². The van der Waals surface area contributed by atoms with Crippen molar-refractivity contribution < 1.29 is 4.39 Å². The number of hydrogen-bond donors (Lipinski definition) is 1. The van der Waals surface area contributed by atoms with Gasteiger partial charge in [0.1, 0.15) is 5.82 Å². The van der Waals surface area contributed by atoms with Crippen LogP contribution in [-0.2, 0) is 0 Å². The molecule has 1 atom stereocenters. The second-order valence-corrected chi connectivity index (χ2v) is 6.19. The molecule has 1 aromatic carbocycles. The molecular weight excluding hydrogens is 245 g/mol. The van der Waals surface area contributed by atoms with Crippen molar-refractivity contribution in [2.75, 3.05) is 12.3 Å². The summed E-state index contributed by atoms with van der Waals surface area (Å²) < 4.78 is 12.8. The second kappa shape index (κ2) is 7.15. The molecule has 1 N–H and O–H groups in total. The zero-order chi connectivity index (χ0) is 12.8. The van der Waals surface area contributed by atoms with Crippen LogP contribution in [0.15, 0.2) is 29.2 Å². The van der Waals surface area contributed by atoms with E-state index in [1.165, 1.54) is 37.8 Å². The van der Waals surface area contributed by atoms with Crippen molar-refractivity contribution >= 4 is 11.8 Å². The maximum absolute atomic E-state index is 12.8. The van der Waals surface area contributed by atoms with Crippen molar-refractivity contribution in [3.8, 4) is 0 Å². The molecule has 3 heteroatoms. The molecule has 1 unspecified atom stereocenters. The van der Waals surface area contributed by atoms with E-state index in [4.69, 9.17) is 0 Å². The van der Waals surface area contributed by atoms with Crippen molar-refractivity contribution in [1.82, 2.24) is 5.32 Å². The molecule has 0 spiro atoms. The van der Waals surface area contributed by atoms with E-state index in [2.05, 4.69) is 12.2 Å². The number of nitrogens with one attached hydrogen (secondary N) is 1. The summed E-state index contributed by atoms with van der Waals surface area (Å²) in [6.45, 7) is 3.30. The van der Waals surface area contributed by atoms with E-state index in [0.29, 0.717) is 6.04 Å². The molecule has 100 valence electrons. The average molecular weight is 267 g/mol. The lowest BCUT2D eigenvalue weighted by Gasteiger charge is -2.17. The van der Waals surface area contributed by atoms with Gasteiger partial charge in [-0.3, -0.25) is 0 Å². The predicted molar refractivity (Wildman–Crippen MR) is 76.5 cm³/mol. The second-order valence-electron chi connectivity index (χ2n) is 5.10. The normalized spacial score (nSPS) is 16.8. The maximum atomic E-state index is 12.8. The lowest BCUT2D eigenvalue weighted by atomic mass is 10.1. The number of hydrogen-bond acceptors (Lipinski definition) is 2. The van der Waals surface area contributed by atoms with Crippen LogP contribution in [0.25, 0.3) is 0 Å². The van der Waals surface area contributed by atoms with Crippen LogP contribution in [-0.4, -0.2) is 18.3 Å². The van der Waals surface area contributed by atoms with Gasteiger partial charge in [0, 0.05) is 16.7 Å². The van der Waals surface area contributed by atoms with Crippen LogP contribution in [0, 0.1) is 11.7 Å². The van der Waals surface area contributed by atoms with Gasteiger partial charge in [-0.05, 0) is 49.6 Å². The molecule has 0 heterocycles. The Labute approximate surface area is 114 Å². The van der Waals surface area contributed by atoms with Gasteiger partial charge in [-0.25, -0.2) is 4.39 Å². The van der Waals surface area contributed by atoms with Crippen molar-refractivity contribution in [2.45, 2.75) is 43.5 Å². The Balaban J connectivity index is 1.77. The summed E-state index contributed by atoms with van der Waals surface area (Å²) in [6.07, 6.45) is 5.30. The Morgan fingerprint density at radius 2 is 2.06 bits per heavy atom. The molecule has 0 bridgehead atoms. The molecule has 2 rings (SSSR count). The van der Waals surface area contributed by atoms with E-state index < -0.39 is 0 Å². The van der Waals surface area contributed by atoms with Crippen LogP contribution in [0.5, 0.6) is 0 Å². The molecule has 18 heavy (non-hydrogen) atoms. The Kier molecular flexibility index (Phi) is 5.51. The molecular formula is C15H22FNS. The van der Waals surface area contributed by atoms with Crippen LogP contribution in [0.3, 0.4) is 0 Å². The highest BCUT2D eigenvalue weighted by atomic mass is 32.2. The van der Waals surface area contributed by atoms with Gasteiger partial charge in [0.2, 0.25) is 0 Å². The lowest BCUT2D eigenvalue weighted by molar-refractivity contribution is 0.494. The van der Waals surface area contributed by atoms with Gasteiger partial charge < -0.3 is 5.32 Å². The fraction of sp³-hybridized carbons (Fsp3) is 0.600. The van der Waals surface area contributed by atoms with Crippen LogP contribution < -0.4 is 5.32 Å². The molecule has 1 fully saturated rings. The third-order valence-electron chi connectivity index (χ3n) is 3.26. The minimum absolute atomic E-state index is 0.155. The summed E-state index contributed by atoms with van der Waals surface area (Å²) in [5, 5.41) is 3.63. The number of halogens is 1. The first kappa shape index (κ1) is 13.9. The Morgan fingerprint density at radius 1 is 1.33 bits per heavy atom. The minimum atomic E-state index is -0.155. The zero-order valence-corrected chi connectivity index (χ0v) is 11.8. The predicted octanol–water partition coefficient (Wildman–Crippen LogP) is 4.09. The fourth-order valence-electron chi connectivity index (χ4n) is 2.04. The molecule has 1 nitrogen and oxygen atoms in total. The first-order valence-electron chi connectivity index (χ1n) is 6.89. The standard InChI is InChI=1S/C15H22FNS/c1-2-9-17-14(10-12-3-4-12)11-18-15-7-5-13(16)6-8-15/h5-8,12,14,17H,2-4,9-11H2,1H3. The molecule has 0 saturated heterocycles. The Morgan fingerprint density at radius 3 is 2.67 bits per heavy atom. The van der Waals surface area contributed by atoms with E-state index in [9.17, 15) is 4.39 Å². The Bertz CT molecular complexity index is 348. The number of benzene rings is 1. The van der Waals surface area contributed by atoms with Crippen LogP contribution in [0.2, 0.25) is 0 Å². The fourth-order valence-corrected chi connectivity index (χ4v) is 3.02. The smallest absolute Gasteiger partial charge is 0.123 e. The quantitative estimate of drug-likeness (QED) is 0.712. The largest absolute Gasteiger partial charge is 0.313 e. The average Bonchev–Trinajstić information content (AvgIpc) is 3.18. The third kappa shape index (κ3) is 4.99. The zero-order valence-electron chi connectivity index (χ0n) is 11.0. The first-order chi connectivity index (χ1) is 8.78. The monoisotopic (exact) mass is 267 g/mol. The molecule has 1 aliphatic rings.